The molecule has 0 spiro atoms. The molecular weight excluding hydrogens is 727 g/mol. The van der Waals surface area contributed by atoms with E-state index >= 15 is 0 Å². The number of benzene rings is 4. The van der Waals surface area contributed by atoms with Gasteiger partial charge in [0.1, 0.15) is 11.5 Å². The zero-order valence-electron chi connectivity index (χ0n) is 30.8. The van der Waals surface area contributed by atoms with Crippen LogP contribution in [0.4, 0.5) is 11.4 Å². The second kappa shape index (κ2) is 19.1. The van der Waals surface area contributed by atoms with Gasteiger partial charge in [0.2, 0.25) is 0 Å². The van der Waals surface area contributed by atoms with Gasteiger partial charge in [-0.1, -0.05) is 72.2 Å². The van der Waals surface area contributed by atoms with E-state index in [2.05, 4.69) is 9.98 Å². The molecule has 0 aliphatic rings. The fourth-order valence-electron chi connectivity index (χ4n) is 5.48. The number of aliphatic imine (C=N–C) groups is 2. The van der Waals surface area contributed by atoms with E-state index < -0.39 is 0 Å². The molecular formula is C40H40N6O7V. The van der Waals surface area contributed by atoms with Crippen molar-refractivity contribution in [2.75, 3.05) is 13.2 Å². The van der Waals surface area contributed by atoms with E-state index in [0.29, 0.717) is 47.1 Å². The first-order valence-electron chi connectivity index (χ1n) is 16.9. The summed E-state index contributed by atoms with van der Waals surface area (Å²) in [5, 5.41) is 24.7. The third-order valence-electron chi connectivity index (χ3n) is 8.33. The van der Waals surface area contributed by atoms with E-state index in [9.17, 15) is 19.8 Å². The molecule has 0 bridgehead atoms. The third kappa shape index (κ3) is 8.88. The molecule has 0 saturated carbocycles. The van der Waals surface area contributed by atoms with Crippen molar-refractivity contribution in [2.24, 2.45) is 24.1 Å². The molecule has 0 aliphatic heterocycles. The van der Waals surface area contributed by atoms with Gasteiger partial charge < -0.3 is 19.7 Å². The van der Waals surface area contributed by atoms with Crippen LogP contribution in [0.1, 0.15) is 36.4 Å². The van der Waals surface area contributed by atoms with Gasteiger partial charge in [0.05, 0.1) is 36.0 Å². The van der Waals surface area contributed by atoms with Crippen LogP contribution in [0.2, 0.25) is 0 Å². The van der Waals surface area contributed by atoms with E-state index in [-0.39, 0.29) is 34.1 Å². The molecule has 0 atom stereocenters. The summed E-state index contributed by atoms with van der Waals surface area (Å²) in [6.07, 6.45) is 2.84. The van der Waals surface area contributed by atoms with Crippen LogP contribution in [0, 0.1) is 13.8 Å². The van der Waals surface area contributed by atoms with Gasteiger partial charge in [-0.05, 0) is 75.2 Å². The van der Waals surface area contributed by atoms with Crippen LogP contribution in [0.5, 0.6) is 23.0 Å². The summed E-state index contributed by atoms with van der Waals surface area (Å²) in [6.45, 7) is 8.11. The first kappa shape index (κ1) is 40.6. The fraction of sp³-hybridized carbons (Fsp3) is 0.200. The van der Waals surface area contributed by atoms with Gasteiger partial charge >= 0.3 is 21.0 Å². The van der Waals surface area contributed by atoms with Crippen LogP contribution < -0.4 is 30.8 Å². The number of rotatable bonds is 10. The molecule has 0 aliphatic carbocycles. The minimum atomic E-state index is -0.241. The Morgan fingerprint density at radius 2 is 0.944 bits per heavy atom. The zero-order chi connectivity index (χ0) is 39.4. The van der Waals surface area contributed by atoms with Gasteiger partial charge in [0.15, 0.2) is 11.4 Å². The SMILES string of the molecule is CCOc1cccc(C=Nc2c(C)n(C)n(-c3ccccc3)c2=O)c1[O-].CCOc1cccc(C=Nc2c(C)n(C)n(-c3ccccc3)c2=O)c1[O-].[O]=[V+2]. The molecule has 14 heteroatoms. The summed E-state index contributed by atoms with van der Waals surface area (Å²) in [4.78, 5) is 34.2. The van der Waals surface area contributed by atoms with Crippen LogP contribution in [0.15, 0.2) is 117 Å². The molecule has 277 valence electrons. The minimum absolute atomic E-state index is 0.235. The summed E-state index contributed by atoms with van der Waals surface area (Å²) >= 11 is 1.06. The molecule has 4 aromatic carbocycles. The fourth-order valence-corrected chi connectivity index (χ4v) is 5.48. The molecule has 13 nitrogen and oxygen atoms in total. The van der Waals surface area contributed by atoms with Crippen LogP contribution in [0.25, 0.3) is 11.4 Å². The summed E-state index contributed by atoms with van der Waals surface area (Å²) in [7, 11) is 3.61. The van der Waals surface area contributed by atoms with Crippen molar-refractivity contribution in [1.29, 1.82) is 0 Å². The van der Waals surface area contributed by atoms with Gasteiger partial charge in [0, 0.05) is 26.5 Å². The van der Waals surface area contributed by atoms with E-state index in [4.69, 9.17) is 13.1 Å². The molecule has 0 unspecified atom stereocenters. The Hall–Kier alpha value is -6.18. The van der Waals surface area contributed by atoms with E-state index in [1.807, 2.05) is 88.4 Å². The predicted octanol–water partition coefficient (Wildman–Crippen LogP) is 5.29. The second-order valence-corrected chi connectivity index (χ2v) is 11.6. The van der Waals surface area contributed by atoms with E-state index in [0.717, 1.165) is 28.7 Å². The Kier molecular flexibility index (Phi) is 14.3. The Labute approximate surface area is 321 Å². The van der Waals surface area contributed by atoms with Crippen molar-refractivity contribution in [3.05, 3.63) is 140 Å². The third-order valence-corrected chi connectivity index (χ3v) is 8.33. The van der Waals surface area contributed by atoms with Crippen LogP contribution in [-0.4, -0.2) is 44.4 Å². The molecule has 0 amide bonds. The standard InChI is InChI=1S/2C20H21N3O3.O.V/c2*1-4-26-17-12-8-9-15(19(17)24)13-21-18-14(2)22(3)23(20(18)25)16-10-6-5-7-11-16;;/h2*5-13,24H,4H2,1-3H3;;/q;;;+2/p-2. The Balaban J connectivity index is 0.000000230. The topological polar surface area (TPSA) is 160 Å². The first-order chi connectivity index (χ1) is 26.1. The van der Waals surface area contributed by atoms with Crippen molar-refractivity contribution >= 4 is 23.8 Å². The number of hydrogen-bond donors (Lipinski definition) is 0. The molecule has 0 N–H and O–H groups in total. The van der Waals surface area contributed by atoms with Crippen molar-refractivity contribution in [2.45, 2.75) is 27.7 Å². The summed E-state index contributed by atoms with van der Waals surface area (Å²) in [5.74, 6) is 0.0796. The van der Waals surface area contributed by atoms with Crippen molar-refractivity contribution < 1.29 is 40.7 Å². The number of aromatic nitrogens is 4. The molecule has 6 rings (SSSR count). The monoisotopic (exact) mass is 767 g/mol. The van der Waals surface area contributed by atoms with E-state index in [1.165, 1.54) is 12.4 Å². The Bertz CT molecular complexity index is 2200. The average molecular weight is 768 g/mol. The van der Waals surface area contributed by atoms with Crippen molar-refractivity contribution in [3.8, 4) is 34.4 Å². The number of para-hydroxylation sites is 4. The van der Waals surface area contributed by atoms with Crippen LogP contribution >= 0.6 is 0 Å². The van der Waals surface area contributed by atoms with Gasteiger partial charge in [-0.15, -0.1) is 0 Å². The Morgan fingerprint density at radius 1 is 0.593 bits per heavy atom. The molecule has 2 aromatic heterocycles. The molecule has 54 heavy (non-hydrogen) atoms. The summed E-state index contributed by atoms with van der Waals surface area (Å²) in [5.41, 5.74) is 3.83. The quantitative estimate of drug-likeness (QED) is 0.171. The molecule has 6 aromatic rings. The number of hydrogen-bond acceptors (Lipinski definition) is 9. The average Bonchev–Trinajstić information content (AvgIpc) is 3.54. The first-order valence-corrected chi connectivity index (χ1v) is 17.5. The number of nitrogens with zero attached hydrogens (tertiary/aromatic N) is 6. The van der Waals surface area contributed by atoms with Gasteiger partial charge in [-0.25, -0.2) is 19.3 Å². The van der Waals surface area contributed by atoms with Crippen molar-refractivity contribution in [1.82, 2.24) is 18.7 Å². The van der Waals surface area contributed by atoms with Gasteiger partial charge in [-0.2, -0.15) is 0 Å². The normalized spacial score (nSPS) is 10.9. The Morgan fingerprint density at radius 3 is 1.28 bits per heavy atom. The second-order valence-electron chi connectivity index (χ2n) is 11.6. The number of ether oxygens (including phenoxy) is 2. The summed E-state index contributed by atoms with van der Waals surface area (Å²) < 4.78 is 25.4. The van der Waals surface area contributed by atoms with Crippen LogP contribution in [0.3, 0.4) is 0 Å². The summed E-state index contributed by atoms with van der Waals surface area (Å²) in [6, 6.07) is 28.7. The van der Waals surface area contributed by atoms with Crippen LogP contribution in [-0.2, 0) is 35.1 Å². The molecule has 0 saturated heterocycles. The van der Waals surface area contributed by atoms with Gasteiger partial charge in [-0.3, -0.25) is 19.0 Å². The zero-order valence-corrected chi connectivity index (χ0v) is 32.2. The maximum absolute atomic E-state index is 12.8. The van der Waals surface area contributed by atoms with Crippen molar-refractivity contribution in [3.63, 3.8) is 0 Å². The van der Waals surface area contributed by atoms with E-state index in [1.54, 1.807) is 69.2 Å². The molecule has 0 radical (unpaired) electrons. The molecule has 0 fully saturated rings. The van der Waals surface area contributed by atoms with Gasteiger partial charge in [0.25, 0.3) is 11.1 Å². The maximum atomic E-state index is 12.8. The predicted molar refractivity (Wildman–Crippen MR) is 201 cm³/mol. The molecule has 2 heterocycles.